The van der Waals surface area contributed by atoms with Crippen molar-refractivity contribution in [3.63, 3.8) is 0 Å². The van der Waals surface area contributed by atoms with E-state index in [-0.39, 0.29) is 11.9 Å². The van der Waals surface area contributed by atoms with E-state index < -0.39 is 0 Å². The number of rotatable bonds is 1. The molecule has 1 aromatic carbocycles. The number of benzene rings is 1. The van der Waals surface area contributed by atoms with Crippen molar-refractivity contribution in [1.29, 1.82) is 0 Å². The standard InChI is InChI=1S/C9H8O2/c1-11-9(10)8-6-4-2-3-5-7(6)8/h2-5,8H,1H3. The summed E-state index contributed by atoms with van der Waals surface area (Å²) in [6, 6.07) is 7.78. The van der Waals surface area contributed by atoms with Gasteiger partial charge in [0.25, 0.3) is 0 Å². The molecular weight excluding hydrogens is 140 g/mol. The Morgan fingerprint density at radius 3 is 2.36 bits per heavy atom. The number of carbonyl (C=O) groups excluding carboxylic acids is 1. The Kier molecular flexibility index (Phi) is 1.22. The number of methoxy groups -OCH3 is 1. The minimum absolute atomic E-state index is 0.0602. The lowest BCUT2D eigenvalue weighted by molar-refractivity contribution is -0.140. The molecule has 0 aromatic heterocycles. The van der Waals surface area contributed by atoms with E-state index >= 15 is 0 Å². The number of hydrogen-bond acceptors (Lipinski definition) is 2. The molecule has 2 rings (SSSR count). The Morgan fingerprint density at radius 2 is 1.91 bits per heavy atom. The van der Waals surface area contributed by atoms with Crippen LogP contribution < -0.4 is 0 Å². The first-order valence-electron chi connectivity index (χ1n) is 3.51. The third-order valence-electron chi connectivity index (χ3n) is 1.97. The summed E-state index contributed by atoms with van der Waals surface area (Å²) in [5.74, 6) is -0.207. The molecule has 1 aromatic rings. The zero-order valence-corrected chi connectivity index (χ0v) is 6.20. The second kappa shape index (κ2) is 2.09. The zero-order valence-electron chi connectivity index (χ0n) is 6.20. The van der Waals surface area contributed by atoms with Crippen molar-refractivity contribution in [2.24, 2.45) is 0 Å². The lowest BCUT2D eigenvalue weighted by Crippen LogP contribution is -2.01. The fraction of sp³-hybridized carbons (Fsp3) is 0.222. The van der Waals surface area contributed by atoms with Gasteiger partial charge >= 0.3 is 5.97 Å². The van der Waals surface area contributed by atoms with Crippen LogP contribution in [0.3, 0.4) is 0 Å². The van der Waals surface area contributed by atoms with Gasteiger partial charge in [0.2, 0.25) is 0 Å². The lowest BCUT2D eigenvalue weighted by atomic mass is 10.3. The minimum Gasteiger partial charge on any atom is -0.468 e. The molecule has 1 aliphatic rings. The fourth-order valence-corrected chi connectivity index (χ4v) is 1.33. The highest BCUT2D eigenvalue weighted by Gasteiger charge is 2.38. The van der Waals surface area contributed by atoms with Gasteiger partial charge < -0.3 is 4.74 Å². The second-order valence-electron chi connectivity index (χ2n) is 2.59. The summed E-state index contributed by atoms with van der Waals surface area (Å²) in [7, 11) is 1.42. The van der Waals surface area contributed by atoms with Crippen LogP contribution in [-0.4, -0.2) is 13.1 Å². The van der Waals surface area contributed by atoms with Crippen molar-refractivity contribution in [3.8, 4) is 0 Å². The van der Waals surface area contributed by atoms with Crippen molar-refractivity contribution in [2.75, 3.05) is 7.11 Å². The topological polar surface area (TPSA) is 26.3 Å². The van der Waals surface area contributed by atoms with E-state index in [1.807, 2.05) is 24.3 Å². The van der Waals surface area contributed by atoms with Crippen LogP contribution in [0.4, 0.5) is 0 Å². The van der Waals surface area contributed by atoms with Crippen LogP contribution >= 0.6 is 0 Å². The molecule has 0 heterocycles. The first-order valence-corrected chi connectivity index (χ1v) is 3.51. The molecule has 0 aliphatic heterocycles. The molecule has 0 saturated carbocycles. The normalized spacial score (nSPS) is 13.9. The summed E-state index contributed by atoms with van der Waals surface area (Å²) in [5.41, 5.74) is 2.22. The summed E-state index contributed by atoms with van der Waals surface area (Å²) >= 11 is 0. The van der Waals surface area contributed by atoms with Gasteiger partial charge in [-0.2, -0.15) is 0 Å². The molecule has 2 heteroatoms. The van der Waals surface area contributed by atoms with Crippen LogP contribution in [0, 0.1) is 0 Å². The van der Waals surface area contributed by atoms with E-state index in [0.717, 1.165) is 11.1 Å². The van der Waals surface area contributed by atoms with Crippen molar-refractivity contribution in [2.45, 2.75) is 5.92 Å². The monoisotopic (exact) mass is 148 g/mol. The van der Waals surface area contributed by atoms with Crippen LogP contribution in [0.5, 0.6) is 0 Å². The van der Waals surface area contributed by atoms with Gasteiger partial charge in [-0.25, -0.2) is 0 Å². The van der Waals surface area contributed by atoms with Crippen LogP contribution in [0.15, 0.2) is 24.3 Å². The molecule has 0 radical (unpaired) electrons. The predicted molar refractivity (Wildman–Crippen MR) is 40.3 cm³/mol. The summed E-state index contributed by atoms with van der Waals surface area (Å²) in [5, 5.41) is 0. The quantitative estimate of drug-likeness (QED) is 0.561. The van der Waals surface area contributed by atoms with E-state index in [1.54, 1.807) is 0 Å². The van der Waals surface area contributed by atoms with Gasteiger partial charge in [-0.1, -0.05) is 24.3 Å². The van der Waals surface area contributed by atoms with Crippen molar-refractivity contribution >= 4 is 5.97 Å². The highest BCUT2D eigenvalue weighted by molar-refractivity contribution is 5.90. The predicted octanol–water partition coefficient (Wildman–Crippen LogP) is 1.30. The van der Waals surface area contributed by atoms with Crippen LogP contribution in [0.2, 0.25) is 0 Å². The van der Waals surface area contributed by atoms with Gasteiger partial charge in [0.05, 0.1) is 7.11 Å². The Morgan fingerprint density at radius 1 is 1.36 bits per heavy atom. The summed E-state index contributed by atoms with van der Waals surface area (Å²) in [6.07, 6.45) is 0. The molecule has 0 amide bonds. The highest BCUT2D eigenvalue weighted by atomic mass is 16.5. The Hall–Kier alpha value is -1.31. The van der Waals surface area contributed by atoms with Gasteiger partial charge in [0, 0.05) is 0 Å². The molecule has 0 spiro atoms. The van der Waals surface area contributed by atoms with Crippen molar-refractivity contribution in [1.82, 2.24) is 0 Å². The second-order valence-corrected chi connectivity index (χ2v) is 2.59. The van der Waals surface area contributed by atoms with E-state index in [9.17, 15) is 4.79 Å². The molecule has 56 valence electrons. The van der Waals surface area contributed by atoms with Gasteiger partial charge in [-0.05, 0) is 11.1 Å². The van der Waals surface area contributed by atoms with E-state index in [0.29, 0.717) is 0 Å². The van der Waals surface area contributed by atoms with Crippen LogP contribution in [0.25, 0.3) is 0 Å². The number of carbonyl (C=O) groups is 1. The minimum atomic E-state index is -0.147. The molecule has 0 N–H and O–H groups in total. The molecular formula is C9H8O2. The molecule has 0 saturated heterocycles. The van der Waals surface area contributed by atoms with Gasteiger partial charge in [-0.3, -0.25) is 4.79 Å². The smallest absolute Gasteiger partial charge is 0.317 e. The van der Waals surface area contributed by atoms with E-state index in [1.165, 1.54) is 7.11 Å². The first-order chi connectivity index (χ1) is 5.34. The van der Waals surface area contributed by atoms with E-state index in [4.69, 9.17) is 0 Å². The number of esters is 1. The first kappa shape index (κ1) is 6.40. The highest BCUT2D eigenvalue weighted by Crippen LogP contribution is 2.43. The third kappa shape index (κ3) is 0.827. The molecule has 2 nitrogen and oxygen atoms in total. The van der Waals surface area contributed by atoms with Crippen molar-refractivity contribution < 1.29 is 9.53 Å². The molecule has 11 heavy (non-hydrogen) atoms. The largest absolute Gasteiger partial charge is 0.468 e. The zero-order chi connectivity index (χ0) is 7.84. The Labute approximate surface area is 64.8 Å². The van der Waals surface area contributed by atoms with E-state index in [2.05, 4.69) is 4.74 Å². The average molecular weight is 148 g/mol. The fourth-order valence-electron chi connectivity index (χ4n) is 1.33. The molecule has 0 bridgehead atoms. The summed E-state index contributed by atoms with van der Waals surface area (Å²) in [4.78, 5) is 11.0. The van der Waals surface area contributed by atoms with Crippen LogP contribution in [-0.2, 0) is 9.53 Å². The maximum Gasteiger partial charge on any atom is 0.317 e. The summed E-state index contributed by atoms with van der Waals surface area (Å²) < 4.78 is 4.62. The molecule has 1 aliphatic carbocycles. The maximum atomic E-state index is 11.0. The SMILES string of the molecule is COC(=O)C1c2ccccc21. The van der Waals surface area contributed by atoms with Gasteiger partial charge in [0.1, 0.15) is 5.92 Å². The van der Waals surface area contributed by atoms with Gasteiger partial charge in [-0.15, -0.1) is 0 Å². The number of hydrogen-bond donors (Lipinski definition) is 0. The van der Waals surface area contributed by atoms with Crippen LogP contribution in [0.1, 0.15) is 17.0 Å². The Balaban J connectivity index is 2.24. The van der Waals surface area contributed by atoms with Gasteiger partial charge in [0.15, 0.2) is 0 Å². The number of fused-ring (bicyclic) bond motifs is 1. The molecule has 0 fully saturated rings. The summed E-state index contributed by atoms with van der Waals surface area (Å²) in [6.45, 7) is 0. The number of ether oxygens (including phenoxy) is 1. The third-order valence-corrected chi connectivity index (χ3v) is 1.97. The lowest BCUT2D eigenvalue weighted by Gasteiger charge is -1.91. The Bertz CT molecular complexity index is 281. The molecule has 0 unspecified atom stereocenters. The average Bonchev–Trinajstić information content (AvgIpc) is 2.77. The maximum absolute atomic E-state index is 11.0. The molecule has 0 atom stereocenters. The van der Waals surface area contributed by atoms with Crippen molar-refractivity contribution in [3.05, 3.63) is 35.4 Å².